The molecule has 2 aromatic carbocycles. The number of halogens is 2. The van der Waals surface area contributed by atoms with E-state index in [9.17, 15) is 9.18 Å². The molecule has 0 bridgehead atoms. The molecule has 1 aliphatic heterocycles. The Labute approximate surface area is 167 Å². The van der Waals surface area contributed by atoms with Crippen LogP contribution in [0.2, 0.25) is 0 Å². The fourth-order valence-corrected chi connectivity index (χ4v) is 3.88. The molecule has 1 amide bonds. The molecule has 4 nitrogen and oxygen atoms in total. The minimum absolute atomic E-state index is 0.0284. The number of carbonyl (C=O) groups excluding carboxylic acids is 1. The summed E-state index contributed by atoms with van der Waals surface area (Å²) in [6.07, 6.45) is 2.37. The fraction of sp³-hybridized carbons (Fsp3) is 0.381. The average Bonchev–Trinajstić information content (AvgIpc) is 3.20. The molecule has 1 unspecified atom stereocenters. The standard InChI is InChI=1S/C21H24BrFN2O2/c1-27-17-9-7-15(8-10-17)19(25-11-2-3-12-25)14-24-20(26)13-16-5-4-6-18(22)21(16)23/h4-10,19H,2-3,11-14H2,1H3,(H,24,26). The number of benzene rings is 2. The van der Waals surface area contributed by atoms with Crippen molar-refractivity contribution in [2.24, 2.45) is 0 Å². The summed E-state index contributed by atoms with van der Waals surface area (Å²) in [5.41, 5.74) is 1.54. The summed E-state index contributed by atoms with van der Waals surface area (Å²) < 4.78 is 19.7. The Morgan fingerprint density at radius 1 is 1.22 bits per heavy atom. The average molecular weight is 435 g/mol. The van der Waals surface area contributed by atoms with Gasteiger partial charge >= 0.3 is 0 Å². The van der Waals surface area contributed by atoms with E-state index in [4.69, 9.17) is 4.74 Å². The summed E-state index contributed by atoms with van der Waals surface area (Å²) in [6, 6.07) is 13.1. The molecule has 1 aliphatic rings. The van der Waals surface area contributed by atoms with E-state index in [-0.39, 0.29) is 24.2 Å². The third-order valence-corrected chi connectivity index (χ3v) is 5.57. The number of amides is 1. The Balaban J connectivity index is 1.66. The number of methoxy groups -OCH3 is 1. The van der Waals surface area contributed by atoms with Crippen molar-refractivity contribution in [1.82, 2.24) is 10.2 Å². The molecular weight excluding hydrogens is 411 g/mol. The summed E-state index contributed by atoms with van der Waals surface area (Å²) in [4.78, 5) is 14.8. The van der Waals surface area contributed by atoms with Gasteiger partial charge < -0.3 is 10.1 Å². The van der Waals surface area contributed by atoms with E-state index < -0.39 is 0 Å². The maximum Gasteiger partial charge on any atom is 0.224 e. The molecule has 3 rings (SSSR count). The minimum atomic E-state index is -0.376. The van der Waals surface area contributed by atoms with Crippen molar-refractivity contribution >= 4 is 21.8 Å². The van der Waals surface area contributed by atoms with E-state index >= 15 is 0 Å². The Bertz CT molecular complexity index is 776. The van der Waals surface area contributed by atoms with Gasteiger partial charge in [0, 0.05) is 6.54 Å². The number of ether oxygens (including phenoxy) is 1. The Hall–Kier alpha value is -1.92. The molecule has 1 fully saturated rings. The van der Waals surface area contributed by atoms with Crippen LogP contribution in [-0.2, 0) is 11.2 Å². The lowest BCUT2D eigenvalue weighted by Crippen LogP contribution is -2.37. The number of likely N-dealkylation sites (tertiary alicyclic amines) is 1. The first kappa shape index (κ1) is 19.8. The highest BCUT2D eigenvalue weighted by molar-refractivity contribution is 9.10. The van der Waals surface area contributed by atoms with Crippen molar-refractivity contribution in [1.29, 1.82) is 0 Å². The molecule has 27 heavy (non-hydrogen) atoms. The van der Waals surface area contributed by atoms with Crippen molar-refractivity contribution in [2.75, 3.05) is 26.7 Å². The van der Waals surface area contributed by atoms with Crippen LogP contribution in [0.5, 0.6) is 5.75 Å². The van der Waals surface area contributed by atoms with Gasteiger partial charge in [-0.25, -0.2) is 4.39 Å². The monoisotopic (exact) mass is 434 g/mol. The van der Waals surface area contributed by atoms with Gasteiger partial charge in [0.15, 0.2) is 0 Å². The predicted molar refractivity (Wildman–Crippen MR) is 107 cm³/mol. The lowest BCUT2D eigenvalue weighted by molar-refractivity contribution is -0.120. The Morgan fingerprint density at radius 3 is 2.59 bits per heavy atom. The molecule has 1 N–H and O–H groups in total. The van der Waals surface area contributed by atoms with E-state index in [1.807, 2.05) is 24.3 Å². The topological polar surface area (TPSA) is 41.6 Å². The lowest BCUT2D eigenvalue weighted by atomic mass is 10.0. The second-order valence-corrected chi connectivity index (χ2v) is 7.58. The van der Waals surface area contributed by atoms with Crippen LogP contribution in [-0.4, -0.2) is 37.6 Å². The molecule has 0 aliphatic carbocycles. The highest BCUT2D eigenvalue weighted by Gasteiger charge is 2.24. The molecule has 2 aromatic rings. The summed E-state index contributed by atoms with van der Waals surface area (Å²) in [6.45, 7) is 2.54. The number of hydrogen-bond acceptors (Lipinski definition) is 3. The zero-order valence-corrected chi connectivity index (χ0v) is 17.0. The molecule has 6 heteroatoms. The van der Waals surface area contributed by atoms with Crippen molar-refractivity contribution < 1.29 is 13.9 Å². The largest absolute Gasteiger partial charge is 0.497 e. The summed E-state index contributed by atoms with van der Waals surface area (Å²) in [5, 5.41) is 2.99. The van der Waals surface area contributed by atoms with Gasteiger partial charge in [-0.15, -0.1) is 0 Å². The molecule has 0 aromatic heterocycles. The van der Waals surface area contributed by atoms with Crippen LogP contribution in [0.25, 0.3) is 0 Å². The van der Waals surface area contributed by atoms with Gasteiger partial charge in [0.05, 0.1) is 24.0 Å². The van der Waals surface area contributed by atoms with Gasteiger partial charge in [-0.3, -0.25) is 9.69 Å². The van der Waals surface area contributed by atoms with E-state index in [1.165, 1.54) is 12.8 Å². The molecule has 1 atom stereocenters. The van der Waals surface area contributed by atoms with E-state index in [0.29, 0.717) is 16.6 Å². The molecular formula is C21H24BrFN2O2. The van der Waals surface area contributed by atoms with E-state index in [2.05, 4.69) is 26.1 Å². The van der Waals surface area contributed by atoms with Gasteiger partial charge in [0.2, 0.25) is 5.91 Å². The number of nitrogens with zero attached hydrogens (tertiary/aromatic N) is 1. The van der Waals surface area contributed by atoms with Gasteiger partial charge in [-0.2, -0.15) is 0 Å². The van der Waals surface area contributed by atoms with Crippen molar-refractivity contribution in [3.8, 4) is 5.75 Å². The summed E-state index contributed by atoms with van der Waals surface area (Å²) in [5.74, 6) is 0.261. The highest BCUT2D eigenvalue weighted by atomic mass is 79.9. The molecule has 0 radical (unpaired) electrons. The van der Waals surface area contributed by atoms with Gasteiger partial charge in [0.25, 0.3) is 0 Å². The van der Waals surface area contributed by atoms with Gasteiger partial charge in [-0.05, 0) is 71.2 Å². The quantitative estimate of drug-likeness (QED) is 0.713. The number of carbonyl (C=O) groups is 1. The third-order valence-electron chi connectivity index (χ3n) is 4.96. The fourth-order valence-electron chi connectivity index (χ4n) is 3.47. The van der Waals surface area contributed by atoms with Crippen molar-refractivity contribution in [3.05, 3.63) is 63.9 Å². The SMILES string of the molecule is COc1ccc(C(CNC(=O)Cc2cccc(Br)c2F)N2CCCC2)cc1. The number of nitrogens with one attached hydrogen (secondary N) is 1. The molecule has 1 heterocycles. The summed E-state index contributed by atoms with van der Waals surface area (Å²) in [7, 11) is 1.65. The number of rotatable bonds is 7. The first-order valence-electron chi connectivity index (χ1n) is 9.16. The third kappa shape index (κ3) is 5.08. The maximum atomic E-state index is 14.1. The van der Waals surface area contributed by atoms with Crippen LogP contribution in [0.15, 0.2) is 46.9 Å². The lowest BCUT2D eigenvalue weighted by Gasteiger charge is -2.28. The highest BCUT2D eigenvalue weighted by Crippen LogP contribution is 2.26. The van der Waals surface area contributed by atoms with Crippen molar-refractivity contribution in [2.45, 2.75) is 25.3 Å². The van der Waals surface area contributed by atoms with Crippen LogP contribution in [0.3, 0.4) is 0 Å². The second-order valence-electron chi connectivity index (χ2n) is 6.73. The van der Waals surface area contributed by atoms with E-state index in [0.717, 1.165) is 24.4 Å². The predicted octanol–water partition coefficient (Wildman–Crippen LogP) is 4.09. The zero-order chi connectivity index (χ0) is 19.2. The van der Waals surface area contributed by atoms with Crippen LogP contribution < -0.4 is 10.1 Å². The molecule has 0 spiro atoms. The number of hydrogen-bond donors (Lipinski definition) is 1. The second kappa shape index (κ2) is 9.33. The first-order chi connectivity index (χ1) is 13.1. The first-order valence-corrected chi connectivity index (χ1v) is 9.95. The van der Waals surface area contributed by atoms with Crippen LogP contribution >= 0.6 is 15.9 Å². The molecule has 144 valence electrons. The van der Waals surface area contributed by atoms with Crippen LogP contribution in [0.4, 0.5) is 4.39 Å². The van der Waals surface area contributed by atoms with E-state index in [1.54, 1.807) is 25.3 Å². The summed E-state index contributed by atoms with van der Waals surface area (Å²) >= 11 is 3.16. The van der Waals surface area contributed by atoms with Crippen LogP contribution in [0, 0.1) is 5.82 Å². The zero-order valence-electron chi connectivity index (χ0n) is 15.4. The molecule has 0 saturated carbocycles. The minimum Gasteiger partial charge on any atom is -0.497 e. The Morgan fingerprint density at radius 2 is 1.93 bits per heavy atom. The van der Waals surface area contributed by atoms with Crippen molar-refractivity contribution in [3.63, 3.8) is 0 Å². The smallest absolute Gasteiger partial charge is 0.224 e. The van der Waals surface area contributed by atoms with Gasteiger partial charge in [0.1, 0.15) is 11.6 Å². The van der Waals surface area contributed by atoms with Gasteiger partial charge in [-0.1, -0.05) is 24.3 Å². The normalized spacial score (nSPS) is 15.5. The van der Waals surface area contributed by atoms with Crippen LogP contribution in [0.1, 0.15) is 30.0 Å². The maximum absolute atomic E-state index is 14.1. The molecule has 1 saturated heterocycles. The Kier molecular flexibility index (Phi) is 6.85.